The molecule has 0 amide bonds. The van der Waals surface area contributed by atoms with Gasteiger partial charge < -0.3 is 14.9 Å². The molecule has 0 spiro atoms. The third kappa shape index (κ3) is 2.52. The van der Waals surface area contributed by atoms with Crippen molar-refractivity contribution in [2.75, 3.05) is 11.9 Å². The highest BCUT2D eigenvalue weighted by Crippen LogP contribution is 2.47. The van der Waals surface area contributed by atoms with Crippen molar-refractivity contribution >= 4 is 33.5 Å². The van der Waals surface area contributed by atoms with Crippen LogP contribution in [0.4, 0.5) is 5.69 Å². The monoisotopic (exact) mass is 399 g/mol. The lowest BCUT2D eigenvalue weighted by Gasteiger charge is -2.41. The van der Waals surface area contributed by atoms with Crippen LogP contribution in [0.5, 0.6) is 0 Å². The first-order chi connectivity index (χ1) is 13.8. The average Bonchev–Trinajstić information content (AvgIpc) is 3.20. The number of hydrogen-bond acceptors (Lipinski definition) is 3. The number of allylic oxidation sites excluding steroid dienone is 1. The predicted molar refractivity (Wildman–Crippen MR) is 125 cm³/mol. The van der Waals surface area contributed by atoms with Crippen molar-refractivity contribution in [3.05, 3.63) is 64.8 Å². The number of pyridine rings is 1. The summed E-state index contributed by atoms with van der Waals surface area (Å²) >= 11 is 1.77. The molecule has 0 atom stereocenters. The lowest BCUT2D eigenvalue weighted by atomic mass is 9.86. The molecule has 29 heavy (non-hydrogen) atoms. The van der Waals surface area contributed by atoms with E-state index in [1.165, 1.54) is 43.7 Å². The van der Waals surface area contributed by atoms with E-state index in [0.717, 1.165) is 5.69 Å². The first-order valence-electron chi connectivity index (χ1n) is 9.91. The molecule has 0 fully saturated rings. The lowest BCUT2D eigenvalue weighted by molar-refractivity contribution is 0.598. The molecule has 0 saturated carbocycles. The van der Waals surface area contributed by atoms with Crippen LogP contribution in [0.1, 0.15) is 26.3 Å². The molecule has 2 aromatic rings. The summed E-state index contributed by atoms with van der Waals surface area (Å²) in [6, 6.07) is 14.9. The van der Waals surface area contributed by atoms with E-state index < -0.39 is 0 Å². The van der Waals surface area contributed by atoms with Crippen LogP contribution in [-0.4, -0.2) is 17.2 Å². The van der Waals surface area contributed by atoms with Gasteiger partial charge in [-0.1, -0.05) is 24.3 Å². The molecule has 1 aromatic carbocycles. The number of aromatic nitrogens is 1. The quantitative estimate of drug-likeness (QED) is 0.384. The summed E-state index contributed by atoms with van der Waals surface area (Å²) in [6.07, 6.45) is 2.37. The molecule has 0 bridgehead atoms. The molecule has 1 aromatic heterocycles. The maximum atomic E-state index is 8.21. The van der Waals surface area contributed by atoms with Crippen molar-refractivity contribution in [3.63, 3.8) is 0 Å². The van der Waals surface area contributed by atoms with Gasteiger partial charge >= 0.3 is 0 Å². The zero-order valence-electron chi connectivity index (χ0n) is 17.5. The van der Waals surface area contributed by atoms with Gasteiger partial charge in [-0.3, -0.25) is 0 Å². The maximum Gasteiger partial charge on any atom is 0.0585 e. The Bertz CT molecular complexity index is 1320. The summed E-state index contributed by atoms with van der Waals surface area (Å²) in [5, 5.41) is 12.2. The highest BCUT2D eigenvalue weighted by Gasteiger charge is 2.31. The molecular formula is C25H25N3S. The SMILES string of the molecule is CC1=CC(C)(C)N(C)c2ccc3c(-c4cccs4)c4ccc(=N)cc-4n(C)c3c21. The Morgan fingerprint density at radius 2 is 1.79 bits per heavy atom. The topological polar surface area (TPSA) is 32.0 Å². The zero-order valence-corrected chi connectivity index (χ0v) is 18.3. The molecule has 3 aliphatic rings. The minimum Gasteiger partial charge on any atom is -0.365 e. The normalized spacial score (nSPS) is 15.6. The van der Waals surface area contributed by atoms with E-state index in [1.807, 2.05) is 12.1 Å². The molecule has 0 unspecified atom stereocenters. The third-order valence-electron chi connectivity index (χ3n) is 6.35. The van der Waals surface area contributed by atoms with Gasteiger partial charge in [0.2, 0.25) is 0 Å². The van der Waals surface area contributed by atoms with Crippen molar-refractivity contribution in [1.82, 2.24) is 4.57 Å². The van der Waals surface area contributed by atoms with Crippen LogP contribution in [0.3, 0.4) is 0 Å². The fraction of sp³-hybridized carbons (Fsp3) is 0.240. The molecule has 1 aliphatic carbocycles. The second-order valence-corrected chi connectivity index (χ2v) is 9.49. The standard InChI is InChI=1S/C25H25N3S/c1-15-14-25(2,3)28(5)19-11-10-18-23(21-7-6-12-29-21)17-9-8-16(26)13-20(17)27(4)24(18)22(15)19/h6-14,26H,1-5H3. The number of anilines is 1. The maximum absolute atomic E-state index is 8.21. The van der Waals surface area contributed by atoms with E-state index in [9.17, 15) is 0 Å². The van der Waals surface area contributed by atoms with Gasteiger partial charge in [0.1, 0.15) is 0 Å². The van der Waals surface area contributed by atoms with E-state index in [-0.39, 0.29) is 5.54 Å². The average molecular weight is 400 g/mol. The summed E-state index contributed by atoms with van der Waals surface area (Å²) in [7, 11) is 4.31. The molecule has 146 valence electrons. The van der Waals surface area contributed by atoms with Gasteiger partial charge in [-0.05, 0) is 56.0 Å². The smallest absolute Gasteiger partial charge is 0.0585 e. The molecule has 2 aliphatic heterocycles. The van der Waals surface area contributed by atoms with Crippen LogP contribution in [0.2, 0.25) is 0 Å². The Hall–Kier alpha value is -2.85. The Kier molecular flexibility index (Phi) is 3.81. The number of thiophene rings is 1. The molecule has 0 saturated heterocycles. The number of rotatable bonds is 1. The summed E-state index contributed by atoms with van der Waals surface area (Å²) < 4.78 is 2.28. The number of nitrogens with one attached hydrogen (secondary N) is 1. The summed E-state index contributed by atoms with van der Waals surface area (Å²) in [4.78, 5) is 3.63. The fourth-order valence-electron chi connectivity index (χ4n) is 4.78. The number of likely N-dealkylation sites (N-methyl/N-ethyl adjacent to an activating group) is 1. The van der Waals surface area contributed by atoms with Crippen molar-refractivity contribution in [1.29, 1.82) is 5.41 Å². The van der Waals surface area contributed by atoms with Crippen LogP contribution in [0.25, 0.3) is 38.2 Å². The van der Waals surface area contributed by atoms with Gasteiger partial charge in [-0.15, -0.1) is 11.3 Å². The molecule has 3 heterocycles. The Morgan fingerprint density at radius 1 is 1.00 bits per heavy atom. The van der Waals surface area contributed by atoms with Gasteiger partial charge in [-0.2, -0.15) is 0 Å². The molecule has 4 heteroatoms. The van der Waals surface area contributed by atoms with Crippen LogP contribution in [0, 0.1) is 5.41 Å². The highest BCUT2D eigenvalue weighted by atomic mass is 32.1. The van der Waals surface area contributed by atoms with Crippen LogP contribution < -0.4 is 10.3 Å². The summed E-state index contributed by atoms with van der Waals surface area (Å²) in [5.41, 5.74) is 8.64. The zero-order chi connectivity index (χ0) is 20.5. The first kappa shape index (κ1) is 18.2. The van der Waals surface area contributed by atoms with Gasteiger partial charge in [0.05, 0.1) is 22.1 Å². The van der Waals surface area contributed by atoms with E-state index in [0.29, 0.717) is 5.36 Å². The number of nitrogens with zero attached hydrogens (tertiary/aromatic N) is 2. The Balaban J connectivity index is 2.03. The summed E-state index contributed by atoms with van der Waals surface area (Å²) in [5.74, 6) is 0. The first-order valence-corrected chi connectivity index (χ1v) is 10.8. The number of aryl methyl sites for hydroxylation is 1. The van der Waals surface area contributed by atoms with Crippen molar-refractivity contribution in [3.8, 4) is 21.7 Å². The van der Waals surface area contributed by atoms with Gasteiger partial charge in [0, 0.05) is 46.7 Å². The van der Waals surface area contributed by atoms with E-state index in [4.69, 9.17) is 5.41 Å². The van der Waals surface area contributed by atoms with Gasteiger partial charge in [-0.25, -0.2) is 0 Å². The van der Waals surface area contributed by atoms with E-state index >= 15 is 0 Å². The van der Waals surface area contributed by atoms with Crippen LogP contribution >= 0.6 is 11.3 Å². The second-order valence-electron chi connectivity index (χ2n) is 8.54. The van der Waals surface area contributed by atoms with E-state index in [1.54, 1.807) is 11.3 Å². The second kappa shape index (κ2) is 6.07. The minimum absolute atomic E-state index is 0.0227. The Morgan fingerprint density at radius 3 is 2.52 bits per heavy atom. The number of fused-ring (bicyclic) bond motifs is 4. The number of benzene rings is 2. The third-order valence-corrected chi connectivity index (χ3v) is 7.23. The van der Waals surface area contributed by atoms with Crippen molar-refractivity contribution < 1.29 is 0 Å². The fourth-order valence-corrected chi connectivity index (χ4v) is 5.58. The van der Waals surface area contributed by atoms with Crippen molar-refractivity contribution in [2.24, 2.45) is 7.05 Å². The predicted octanol–water partition coefficient (Wildman–Crippen LogP) is 6.12. The minimum atomic E-state index is -0.0227. The largest absolute Gasteiger partial charge is 0.365 e. The number of hydrogen-bond donors (Lipinski definition) is 1. The Labute approximate surface area is 175 Å². The molecule has 5 rings (SSSR count). The molecule has 0 radical (unpaired) electrons. The highest BCUT2D eigenvalue weighted by molar-refractivity contribution is 7.13. The van der Waals surface area contributed by atoms with Crippen molar-refractivity contribution in [2.45, 2.75) is 26.3 Å². The molecular weight excluding hydrogens is 374 g/mol. The molecule has 3 nitrogen and oxygen atoms in total. The van der Waals surface area contributed by atoms with Gasteiger partial charge in [0.15, 0.2) is 0 Å². The summed E-state index contributed by atoms with van der Waals surface area (Å²) in [6.45, 7) is 6.74. The van der Waals surface area contributed by atoms with E-state index in [2.05, 4.69) is 86.1 Å². The lowest BCUT2D eigenvalue weighted by Crippen LogP contribution is -2.42. The van der Waals surface area contributed by atoms with Gasteiger partial charge in [0.25, 0.3) is 0 Å². The van der Waals surface area contributed by atoms with Crippen LogP contribution in [-0.2, 0) is 7.05 Å². The van der Waals surface area contributed by atoms with Crippen LogP contribution in [0.15, 0.2) is 53.9 Å². The molecule has 1 N–H and O–H groups in total.